The van der Waals surface area contributed by atoms with E-state index in [9.17, 15) is 14.4 Å². The minimum atomic E-state index is -0.436. The van der Waals surface area contributed by atoms with Crippen LogP contribution in [0.1, 0.15) is 43.1 Å². The topological polar surface area (TPSA) is 66.9 Å². The van der Waals surface area contributed by atoms with E-state index in [2.05, 4.69) is 0 Å². The number of amides is 2. The normalized spacial score (nSPS) is 10.5. The molecule has 6 heteroatoms. The van der Waals surface area contributed by atoms with Gasteiger partial charge in [-0.15, -0.1) is 0 Å². The summed E-state index contributed by atoms with van der Waals surface area (Å²) < 4.78 is 4.69. The van der Waals surface area contributed by atoms with Crippen LogP contribution in [0.2, 0.25) is 0 Å². The maximum atomic E-state index is 12.9. The first-order valence-electron chi connectivity index (χ1n) is 9.63. The number of carbonyl (C=O) groups is 3. The molecular weight excluding hydrogens is 368 g/mol. The largest absolute Gasteiger partial charge is 0.465 e. The fourth-order valence-corrected chi connectivity index (χ4v) is 3.05. The van der Waals surface area contributed by atoms with E-state index in [0.717, 1.165) is 5.56 Å². The number of rotatable bonds is 8. The van der Waals surface area contributed by atoms with Crippen molar-refractivity contribution >= 4 is 23.5 Å². The van der Waals surface area contributed by atoms with Gasteiger partial charge in [0.1, 0.15) is 0 Å². The molecule has 0 aromatic heterocycles. The van der Waals surface area contributed by atoms with E-state index in [1.165, 1.54) is 14.0 Å². The quantitative estimate of drug-likeness (QED) is 0.639. The zero-order chi connectivity index (χ0) is 21.4. The van der Waals surface area contributed by atoms with E-state index in [1.54, 1.807) is 29.2 Å². The summed E-state index contributed by atoms with van der Waals surface area (Å²) in [6, 6.07) is 16.5. The first-order chi connectivity index (χ1) is 13.8. The molecule has 0 bridgehead atoms. The Morgan fingerprint density at radius 3 is 2.10 bits per heavy atom. The van der Waals surface area contributed by atoms with Crippen molar-refractivity contribution in [1.29, 1.82) is 0 Å². The molecule has 6 nitrogen and oxygen atoms in total. The number of carbonyl (C=O) groups excluding carboxylic acids is 3. The molecule has 0 fully saturated rings. The smallest absolute Gasteiger partial charge is 0.337 e. The molecule has 0 heterocycles. The number of ether oxygens (including phenoxy) is 1. The molecule has 0 saturated carbocycles. The van der Waals surface area contributed by atoms with Gasteiger partial charge in [0.15, 0.2) is 0 Å². The lowest BCUT2D eigenvalue weighted by Crippen LogP contribution is -2.39. The molecule has 154 valence electrons. The van der Waals surface area contributed by atoms with E-state index in [-0.39, 0.29) is 30.8 Å². The number of nitrogens with zero attached hydrogens (tertiary/aromatic N) is 2. The molecule has 0 aliphatic heterocycles. The average molecular weight is 396 g/mol. The van der Waals surface area contributed by atoms with Gasteiger partial charge in [-0.2, -0.15) is 0 Å². The van der Waals surface area contributed by atoms with Crippen molar-refractivity contribution < 1.29 is 19.1 Å². The van der Waals surface area contributed by atoms with Crippen molar-refractivity contribution in [2.45, 2.75) is 39.8 Å². The number of benzene rings is 2. The molecular formula is C23H28N2O4. The molecule has 0 aliphatic carbocycles. The van der Waals surface area contributed by atoms with Gasteiger partial charge in [-0.3, -0.25) is 9.59 Å². The summed E-state index contributed by atoms with van der Waals surface area (Å²) >= 11 is 0. The van der Waals surface area contributed by atoms with Gasteiger partial charge in [-0.05, 0) is 43.7 Å². The number of hydrogen-bond acceptors (Lipinski definition) is 4. The zero-order valence-corrected chi connectivity index (χ0v) is 17.4. The summed E-state index contributed by atoms with van der Waals surface area (Å²) in [5, 5.41) is 0. The Balaban J connectivity index is 2.07. The van der Waals surface area contributed by atoms with Crippen LogP contribution in [0.4, 0.5) is 5.69 Å². The predicted molar refractivity (Wildman–Crippen MR) is 113 cm³/mol. The number of methoxy groups -OCH3 is 1. The van der Waals surface area contributed by atoms with Gasteiger partial charge in [0.05, 0.1) is 12.7 Å². The maximum Gasteiger partial charge on any atom is 0.337 e. The van der Waals surface area contributed by atoms with Crippen LogP contribution in [0.5, 0.6) is 0 Å². The first kappa shape index (κ1) is 22.1. The SMILES string of the molecule is COC(=O)c1ccc(N(CCC(=O)N(Cc2ccccc2)C(C)C)C(C)=O)cc1. The Hall–Kier alpha value is -3.15. The molecule has 0 spiro atoms. The summed E-state index contributed by atoms with van der Waals surface area (Å²) in [6.07, 6.45) is 0.212. The van der Waals surface area contributed by atoms with Crippen molar-refractivity contribution in [3.05, 3.63) is 65.7 Å². The lowest BCUT2D eigenvalue weighted by Gasteiger charge is -2.28. The highest BCUT2D eigenvalue weighted by molar-refractivity contribution is 5.94. The fraction of sp³-hybridized carbons (Fsp3) is 0.348. The van der Waals surface area contributed by atoms with E-state index in [4.69, 9.17) is 4.74 Å². The third-order valence-corrected chi connectivity index (χ3v) is 4.67. The van der Waals surface area contributed by atoms with Gasteiger partial charge in [-0.1, -0.05) is 30.3 Å². The van der Waals surface area contributed by atoms with E-state index >= 15 is 0 Å². The number of hydrogen-bond donors (Lipinski definition) is 0. The summed E-state index contributed by atoms with van der Waals surface area (Å²) in [5.41, 5.74) is 2.11. The van der Waals surface area contributed by atoms with Crippen LogP contribution >= 0.6 is 0 Å². The molecule has 2 aromatic carbocycles. The van der Waals surface area contributed by atoms with Crippen molar-refractivity contribution in [3.63, 3.8) is 0 Å². The average Bonchev–Trinajstić information content (AvgIpc) is 2.72. The van der Waals surface area contributed by atoms with Gasteiger partial charge >= 0.3 is 5.97 Å². The van der Waals surface area contributed by atoms with E-state index in [1.807, 2.05) is 49.1 Å². The molecule has 2 amide bonds. The number of esters is 1. The molecule has 2 rings (SSSR count). The van der Waals surface area contributed by atoms with Gasteiger partial charge in [0, 0.05) is 38.2 Å². The van der Waals surface area contributed by atoms with Gasteiger partial charge in [0.2, 0.25) is 11.8 Å². The van der Waals surface area contributed by atoms with E-state index in [0.29, 0.717) is 17.8 Å². The predicted octanol–water partition coefficient (Wildman–Crippen LogP) is 3.65. The fourth-order valence-electron chi connectivity index (χ4n) is 3.05. The second kappa shape index (κ2) is 10.4. The molecule has 0 N–H and O–H groups in total. The van der Waals surface area contributed by atoms with Crippen LogP contribution < -0.4 is 4.90 Å². The Morgan fingerprint density at radius 2 is 1.59 bits per heavy atom. The molecule has 29 heavy (non-hydrogen) atoms. The monoisotopic (exact) mass is 396 g/mol. The van der Waals surface area contributed by atoms with Crippen molar-refractivity contribution in [1.82, 2.24) is 4.90 Å². The maximum absolute atomic E-state index is 12.9. The standard InChI is InChI=1S/C23H28N2O4/c1-17(2)25(16-19-8-6-5-7-9-19)22(27)14-15-24(18(3)26)21-12-10-20(11-13-21)23(28)29-4/h5-13,17H,14-16H2,1-4H3. The Labute approximate surface area is 172 Å². The van der Waals surface area contributed by atoms with Crippen LogP contribution in [-0.2, 0) is 20.9 Å². The Bertz CT molecular complexity index is 832. The van der Waals surface area contributed by atoms with Crippen LogP contribution in [0.3, 0.4) is 0 Å². The van der Waals surface area contributed by atoms with Crippen molar-refractivity contribution in [3.8, 4) is 0 Å². The molecule has 0 saturated heterocycles. The Morgan fingerprint density at radius 1 is 0.966 bits per heavy atom. The highest BCUT2D eigenvalue weighted by Gasteiger charge is 2.20. The second-order valence-corrected chi connectivity index (χ2v) is 7.06. The second-order valence-electron chi connectivity index (χ2n) is 7.06. The Kier molecular flexibility index (Phi) is 7.95. The highest BCUT2D eigenvalue weighted by Crippen LogP contribution is 2.18. The summed E-state index contributed by atoms with van der Waals surface area (Å²) in [7, 11) is 1.32. The molecule has 0 radical (unpaired) electrons. The molecule has 0 aliphatic rings. The van der Waals surface area contributed by atoms with Gasteiger partial charge < -0.3 is 14.5 Å². The first-order valence-corrected chi connectivity index (χ1v) is 9.63. The van der Waals surface area contributed by atoms with Crippen LogP contribution in [0.25, 0.3) is 0 Å². The lowest BCUT2D eigenvalue weighted by atomic mass is 10.1. The van der Waals surface area contributed by atoms with Crippen molar-refractivity contribution in [2.75, 3.05) is 18.6 Å². The third-order valence-electron chi connectivity index (χ3n) is 4.67. The summed E-state index contributed by atoms with van der Waals surface area (Å²) in [4.78, 5) is 39.9. The number of anilines is 1. The van der Waals surface area contributed by atoms with Gasteiger partial charge in [-0.25, -0.2) is 4.79 Å². The van der Waals surface area contributed by atoms with E-state index < -0.39 is 5.97 Å². The minimum absolute atomic E-state index is 0.0127. The molecule has 2 aromatic rings. The van der Waals surface area contributed by atoms with Gasteiger partial charge in [0.25, 0.3) is 0 Å². The lowest BCUT2D eigenvalue weighted by molar-refractivity contribution is -0.133. The zero-order valence-electron chi connectivity index (χ0n) is 17.4. The summed E-state index contributed by atoms with van der Waals surface area (Å²) in [6.45, 7) is 6.22. The van der Waals surface area contributed by atoms with Crippen LogP contribution in [-0.4, -0.2) is 42.4 Å². The van der Waals surface area contributed by atoms with Crippen LogP contribution in [0.15, 0.2) is 54.6 Å². The molecule has 0 atom stereocenters. The van der Waals surface area contributed by atoms with Crippen molar-refractivity contribution in [2.24, 2.45) is 0 Å². The summed E-state index contributed by atoms with van der Waals surface area (Å²) in [5.74, 6) is -0.612. The minimum Gasteiger partial charge on any atom is -0.465 e. The highest BCUT2D eigenvalue weighted by atomic mass is 16.5. The van der Waals surface area contributed by atoms with Crippen LogP contribution in [0, 0.1) is 0 Å². The molecule has 0 unspecified atom stereocenters. The third kappa shape index (κ3) is 6.17.